The number of imidazole rings is 1. The summed E-state index contributed by atoms with van der Waals surface area (Å²) in [6.07, 6.45) is 8.79. The van der Waals surface area contributed by atoms with Crippen LogP contribution in [0, 0.1) is 0 Å². The molecule has 7 heteroatoms. The molecule has 0 saturated heterocycles. The van der Waals surface area contributed by atoms with Crippen molar-refractivity contribution in [1.82, 2.24) is 24.6 Å². The van der Waals surface area contributed by atoms with E-state index in [1.54, 1.807) is 29.6 Å². The minimum absolute atomic E-state index is 0.130. The Bertz CT molecular complexity index is 808. The molecule has 2 N–H and O–H groups in total. The summed E-state index contributed by atoms with van der Waals surface area (Å²) in [6, 6.07) is 7.59. The van der Waals surface area contributed by atoms with Gasteiger partial charge >= 0.3 is 6.03 Å². The van der Waals surface area contributed by atoms with Gasteiger partial charge in [0, 0.05) is 30.8 Å². The zero-order chi connectivity index (χ0) is 16.9. The molecular formula is C17H20N6O. The maximum Gasteiger partial charge on any atom is 0.319 e. The number of aryl methyl sites for hydroxylation is 1. The summed E-state index contributed by atoms with van der Waals surface area (Å²) in [5.74, 6) is 0. The van der Waals surface area contributed by atoms with E-state index in [-0.39, 0.29) is 12.1 Å². The number of rotatable bonds is 5. The second-order valence-electron chi connectivity index (χ2n) is 5.47. The SMILES string of the molecule is CCn1cc(NC(=O)NC(C)c2cccc(-n3ccnc3)c2)cn1. The summed E-state index contributed by atoms with van der Waals surface area (Å²) >= 11 is 0. The fraction of sp³-hybridized carbons (Fsp3) is 0.235. The summed E-state index contributed by atoms with van der Waals surface area (Å²) in [7, 11) is 0. The molecule has 0 bridgehead atoms. The lowest BCUT2D eigenvalue weighted by Gasteiger charge is -2.15. The van der Waals surface area contributed by atoms with Crippen molar-refractivity contribution in [2.24, 2.45) is 0 Å². The van der Waals surface area contributed by atoms with Crippen molar-refractivity contribution >= 4 is 11.7 Å². The Kier molecular flexibility index (Phi) is 4.60. The number of carbonyl (C=O) groups excluding carboxylic acids is 1. The van der Waals surface area contributed by atoms with Gasteiger partial charge in [-0.3, -0.25) is 4.68 Å². The van der Waals surface area contributed by atoms with E-state index in [2.05, 4.69) is 20.7 Å². The van der Waals surface area contributed by atoms with Crippen LogP contribution in [0.15, 0.2) is 55.4 Å². The van der Waals surface area contributed by atoms with E-state index in [9.17, 15) is 4.79 Å². The van der Waals surface area contributed by atoms with Gasteiger partial charge < -0.3 is 15.2 Å². The van der Waals surface area contributed by atoms with Crippen LogP contribution in [0.5, 0.6) is 0 Å². The summed E-state index contributed by atoms with van der Waals surface area (Å²) in [5, 5.41) is 9.85. The highest BCUT2D eigenvalue weighted by Crippen LogP contribution is 2.17. The number of urea groups is 1. The Morgan fingerprint density at radius 2 is 2.25 bits per heavy atom. The van der Waals surface area contributed by atoms with Crippen LogP contribution in [0.1, 0.15) is 25.5 Å². The second-order valence-corrected chi connectivity index (χ2v) is 5.47. The molecule has 1 aromatic carbocycles. The lowest BCUT2D eigenvalue weighted by molar-refractivity contribution is 0.249. The number of hydrogen-bond acceptors (Lipinski definition) is 3. The first kappa shape index (κ1) is 15.8. The van der Waals surface area contributed by atoms with Crippen LogP contribution >= 0.6 is 0 Å². The van der Waals surface area contributed by atoms with Crippen molar-refractivity contribution in [3.63, 3.8) is 0 Å². The quantitative estimate of drug-likeness (QED) is 0.757. The van der Waals surface area contributed by atoms with Crippen LogP contribution in [0.4, 0.5) is 10.5 Å². The monoisotopic (exact) mass is 324 g/mol. The van der Waals surface area contributed by atoms with Gasteiger partial charge in [-0.05, 0) is 31.5 Å². The van der Waals surface area contributed by atoms with Crippen LogP contribution in [-0.4, -0.2) is 25.4 Å². The first-order chi connectivity index (χ1) is 11.7. The van der Waals surface area contributed by atoms with Gasteiger partial charge in [-0.25, -0.2) is 9.78 Å². The molecule has 124 valence electrons. The highest BCUT2D eigenvalue weighted by Gasteiger charge is 2.11. The molecule has 0 fully saturated rings. The smallest absolute Gasteiger partial charge is 0.319 e. The summed E-state index contributed by atoms with van der Waals surface area (Å²) in [6.45, 7) is 4.70. The molecule has 2 amide bonds. The van der Waals surface area contributed by atoms with E-state index < -0.39 is 0 Å². The zero-order valence-electron chi connectivity index (χ0n) is 13.7. The first-order valence-electron chi connectivity index (χ1n) is 7.84. The molecule has 3 aromatic rings. The van der Waals surface area contributed by atoms with Crippen molar-refractivity contribution in [3.05, 3.63) is 60.9 Å². The maximum atomic E-state index is 12.1. The van der Waals surface area contributed by atoms with E-state index in [1.165, 1.54) is 0 Å². The second kappa shape index (κ2) is 6.99. The average Bonchev–Trinajstić information content (AvgIpc) is 3.26. The van der Waals surface area contributed by atoms with E-state index >= 15 is 0 Å². The third-order valence-corrected chi connectivity index (χ3v) is 3.74. The molecule has 3 rings (SSSR count). The normalized spacial score (nSPS) is 11.9. The average molecular weight is 324 g/mol. The Morgan fingerprint density at radius 3 is 2.96 bits per heavy atom. The number of nitrogens with one attached hydrogen (secondary N) is 2. The fourth-order valence-electron chi connectivity index (χ4n) is 2.41. The topological polar surface area (TPSA) is 76.8 Å². The van der Waals surface area contributed by atoms with E-state index in [0.29, 0.717) is 5.69 Å². The number of benzene rings is 1. The molecule has 0 saturated carbocycles. The number of amides is 2. The Hall–Kier alpha value is -3.09. The summed E-state index contributed by atoms with van der Waals surface area (Å²) in [5.41, 5.74) is 2.69. The van der Waals surface area contributed by atoms with Crippen LogP contribution < -0.4 is 10.6 Å². The van der Waals surface area contributed by atoms with Crippen molar-refractivity contribution in [1.29, 1.82) is 0 Å². The molecule has 0 aliphatic carbocycles. The molecule has 1 atom stereocenters. The largest absolute Gasteiger partial charge is 0.331 e. The van der Waals surface area contributed by atoms with Gasteiger partial charge in [0.05, 0.1) is 24.3 Å². The number of anilines is 1. The minimum Gasteiger partial charge on any atom is -0.331 e. The minimum atomic E-state index is -0.258. The van der Waals surface area contributed by atoms with Gasteiger partial charge in [0.25, 0.3) is 0 Å². The predicted octanol–water partition coefficient (Wildman–Crippen LogP) is 2.97. The zero-order valence-corrected chi connectivity index (χ0v) is 13.7. The number of carbonyl (C=O) groups is 1. The van der Waals surface area contributed by atoms with Gasteiger partial charge in [0.15, 0.2) is 0 Å². The molecule has 24 heavy (non-hydrogen) atoms. The van der Waals surface area contributed by atoms with Crippen molar-refractivity contribution in [3.8, 4) is 5.69 Å². The van der Waals surface area contributed by atoms with Crippen LogP contribution in [-0.2, 0) is 6.54 Å². The van der Waals surface area contributed by atoms with Crippen LogP contribution in [0.2, 0.25) is 0 Å². The fourth-order valence-corrected chi connectivity index (χ4v) is 2.41. The lowest BCUT2D eigenvalue weighted by atomic mass is 10.1. The van der Waals surface area contributed by atoms with Crippen LogP contribution in [0.25, 0.3) is 5.69 Å². The predicted molar refractivity (Wildman–Crippen MR) is 92.0 cm³/mol. The molecule has 0 aliphatic heterocycles. The third-order valence-electron chi connectivity index (χ3n) is 3.74. The van der Waals surface area contributed by atoms with Crippen molar-refractivity contribution < 1.29 is 4.79 Å². The molecule has 2 heterocycles. The van der Waals surface area contributed by atoms with E-state index in [0.717, 1.165) is 17.8 Å². The first-order valence-corrected chi connectivity index (χ1v) is 7.84. The molecule has 7 nitrogen and oxygen atoms in total. The molecule has 0 aliphatic rings. The molecule has 0 spiro atoms. The number of nitrogens with zero attached hydrogens (tertiary/aromatic N) is 4. The Balaban J connectivity index is 1.65. The van der Waals surface area contributed by atoms with E-state index in [4.69, 9.17) is 0 Å². The lowest BCUT2D eigenvalue weighted by Crippen LogP contribution is -2.31. The van der Waals surface area contributed by atoms with Gasteiger partial charge in [0.1, 0.15) is 0 Å². The molecule has 1 unspecified atom stereocenters. The third kappa shape index (κ3) is 3.62. The highest BCUT2D eigenvalue weighted by atomic mass is 16.2. The summed E-state index contributed by atoms with van der Waals surface area (Å²) in [4.78, 5) is 16.2. The van der Waals surface area contributed by atoms with Gasteiger partial charge in [-0.2, -0.15) is 5.10 Å². The molecular weight excluding hydrogens is 304 g/mol. The number of aromatic nitrogens is 4. The highest BCUT2D eigenvalue weighted by molar-refractivity contribution is 5.89. The maximum absolute atomic E-state index is 12.1. The van der Waals surface area contributed by atoms with Gasteiger partial charge in [0.2, 0.25) is 0 Å². The molecule has 0 radical (unpaired) electrons. The summed E-state index contributed by atoms with van der Waals surface area (Å²) < 4.78 is 3.68. The van der Waals surface area contributed by atoms with Gasteiger partial charge in [-0.1, -0.05) is 12.1 Å². The Morgan fingerprint density at radius 1 is 1.38 bits per heavy atom. The van der Waals surface area contributed by atoms with Crippen molar-refractivity contribution in [2.45, 2.75) is 26.4 Å². The van der Waals surface area contributed by atoms with Gasteiger partial charge in [-0.15, -0.1) is 0 Å². The van der Waals surface area contributed by atoms with Crippen molar-refractivity contribution in [2.75, 3.05) is 5.32 Å². The van der Waals surface area contributed by atoms with E-state index in [1.807, 2.05) is 48.9 Å². The molecule has 2 aromatic heterocycles. The Labute approximate surface area is 140 Å². The van der Waals surface area contributed by atoms with Crippen LogP contribution in [0.3, 0.4) is 0 Å². The standard InChI is InChI=1S/C17H20N6O/c1-3-23-11-15(10-19-23)21-17(24)20-13(2)14-5-4-6-16(9-14)22-8-7-18-12-22/h4-13H,3H2,1-2H3,(H2,20,21,24). The number of hydrogen-bond donors (Lipinski definition) is 2.